The number of benzene rings is 3. The second-order valence-corrected chi connectivity index (χ2v) is 10.7. The first kappa shape index (κ1) is 28.8. The smallest absolute Gasteiger partial charge is 0.338 e. The quantitative estimate of drug-likeness (QED) is 0.103. The highest BCUT2D eigenvalue weighted by atomic mass is 35.5. The van der Waals surface area contributed by atoms with E-state index in [2.05, 4.69) is 15.8 Å². The molecule has 13 heteroatoms. The number of nitrogens with one attached hydrogen (secondary N) is 2. The molecule has 2 amide bonds. The van der Waals surface area contributed by atoms with Gasteiger partial charge in [-0.3, -0.25) is 9.59 Å². The molecule has 1 unspecified atom stereocenters. The molecule has 0 aliphatic heterocycles. The second kappa shape index (κ2) is 12.3. The predicted octanol–water partition coefficient (Wildman–Crippen LogP) is 8.02. The molecule has 1 atom stereocenters. The van der Waals surface area contributed by atoms with Gasteiger partial charge in [0, 0.05) is 16.6 Å². The Morgan fingerprint density at radius 3 is 2.15 bits per heavy atom. The second-order valence-electron chi connectivity index (χ2n) is 8.01. The normalized spacial score (nSPS) is 11.6. The molecule has 0 aliphatic carbocycles. The van der Waals surface area contributed by atoms with Crippen molar-refractivity contribution in [2.24, 2.45) is 0 Å². The van der Waals surface area contributed by atoms with Crippen molar-refractivity contribution < 1.29 is 24.0 Å². The Morgan fingerprint density at radius 1 is 0.872 bits per heavy atom. The van der Waals surface area contributed by atoms with E-state index in [9.17, 15) is 19.5 Å². The Balaban J connectivity index is 1.62. The zero-order chi connectivity index (χ0) is 28.3. The van der Waals surface area contributed by atoms with E-state index < -0.39 is 33.3 Å². The minimum absolute atomic E-state index is 0.248. The maximum absolute atomic E-state index is 13.2. The highest BCUT2D eigenvalue weighted by Gasteiger charge is 2.29. The van der Waals surface area contributed by atoms with E-state index >= 15 is 0 Å². The molecule has 0 saturated heterocycles. The van der Waals surface area contributed by atoms with E-state index in [0.29, 0.717) is 16.3 Å². The van der Waals surface area contributed by atoms with Crippen LogP contribution in [0.3, 0.4) is 0 Å². The summed E-state index contributed by atoms with van der Waals surface area (Å²) >= 11 is 25.5. The number of carbonyl (C=O) groups excluding carboxylic acids is 2. The highest BCUT2D eigenvalue weighted by Crippen LogP contribution is 2.42. The largest absolute Gasteiger partial charge is 0.478 e. The van der Waals surface area contributed by atoms with Crippen LogP contribution in [0.15, 0.2) is 70.1 Å². The van der Waals surface area contributed by atoms with Gasteiger partial charge >= 0.3 is 5.97 Å². The zero-order valence-corrected chi connectivity index (χ0v) is 23.6. The van der Waals surface area contributed by atoms with Gasteiger partial charge in [-0.05, 0) is 30.7 Å². The van der Waals surface area contributed by atoms with Crippen LogP contribution in [-0.4, -0.2) is 28.0 Å². The molecule has 1 heterocycles. The Hall–Kier alpha value is -3.21. The van der Waals surface area contributed by atoms with Gasteiger partial charge in [0.1, 0.15) is 11.0 Å². The third-order valence-electron chi connectivity index (χ3n) is 5.27. The van der Waals surface area contributed by atoms with Crippen LogP contribution < -0.4 is 10.6 Å². The van der Waals surface area contributed by atoms with Crippen LogP contribution in [0.1, 0.15) is 37.3 Å². The third kappa shape index (κ3) is 6.51. The van der Waals surface area contributed by atoms with Crippen LogP contribution in [0.4, 0.5) is 11.5 Å². The SMILES string of the molecule is Cc1cc(NC(=O)C(Sc2cccc(NC(=O)c3c(Cl)c(Cl)c(Cl)c(Cl)c3C(=O)O)c2)c2ccccc2)no1. The van der Waals surface area contributed by atoms with Gasteiger partial charge in [-0.15, -0.1) is 11.8 Å². The van der Waals surface area contributed by atoms with Crippen molar-refractivity contribution in [2.45, 2.75) is 17.1 Å². The molecule has 3 N–H and O–H groups in total. The maximum Gasteiger partial charge on any atom is 0.338 e. The lowest BCUT2D eigenvalue weighted by Crippen LogP contribution is -2.19. The molecular formula is C26H17Cl4N3O5S. The molecule has 0 saturated carbocycles. The average molecular weight is 625 g/mol. The maximum atomic E-state index is 13.2. The molecule has 4 rings (SSSR count). The van der Waals surface area contributed by atoms with Crippen molar-refractivity contribution in [1.82, 2.24) is 5.16 Å². The van der Waals surface area contributed by atoms with Gasteiger partial charge in [-0.2, -0.15) is 0 Å². The van der Waals surface area contributed by atoms with Gasteiger partial charge in [0.05, 0.1) is 31.2 Å². The Labute approximate surface area is 246 Å². The van der Waals surface area contributed by atoms with Crippen LogP contribution in [-0.2, 0) is 4.79 Å². The monoisotopic (exact) mass is 623 g/mol. The number of carboxylic acids is 1. The van der Waals surface area contributed by atoms with Crippen molar-refractivity contribution in [3.63, 3.8) is 0 Å². The zero-order valence-electron chi connectivity index (χ0n) is 19.8. The molecule has 200 valence electrons. The summed E-state index contributed by atoms with van der Waals surface area (Å²) in [6.45, 7) is 1.71. The molecule has 0 fully saturated rings. The van der Waals surface area contributed by atoms with E-state index in [4.69, 9.17) is 50.9 Å². The average Bonchev–Trinajstić information content (AvgIpc) is 3.32. The van der Waals surface area contributed by atoms with E-state index in [0.717, 1.165) is 5.56 Å². The van der Waals surface area contributed by atoms with Gasteiger partial charge in [-0.25, -0.2) is 4.79 Å². The molecule has 1 aromatic heterocycles. The summed E-state index contributed by atoms with van der Waals surface area (Å²) in [6.07, 6.45) is 0. The van der Waals surface area contributed by atoms with E-state index in [1.165, 1.54) is 11.8 Å². The Bertz CT molecular complexity index is 1580. The van der Waals surface area contributed by atoms with Crippen LogP contribution in [0.2, 0.25) is 20.1 Å². The van der Waals surface area contributed by atoms with Gasteiger partial charge in [0.15, 0.2) is 5.82 Å². The molecule has 0 aliphatic rings. The van der Waals surface area contributed by atoms with Crippen molar-refractivity contribution in [3.05, 3.63) is 103 Å². The van der Waals surface area contributed by atoms with Gasteiger partial charge in [0.2, 0.25) is 5.91 Å². The summed E-state index contributed by atoms with van der Waals surface area (Å²) < 4.78 is 5.03. The fourth-order valence-electron chi connectivity index (χ4n) is 3.54. The number of nitrogens with zero attached hydrogens (tertiary/aromatic N) is 1. The lowest BCUT2D eigenvalue weighted by Gasteiger charge is -2.17. The topological polar surface area (TPSA) is 122 Å². The highest BCUT2D eigenvalue weighted by molar-refractivity contribution is 8.00. The lowest BCUT2D eigenvalue weighted by molar-refractivity contribution is -0.115. The number of rotatable bonds is 8. The van der Waals surface area contributed by atoms with Crippen LogP contribution >= 0.6 is 58.2 Å². The summed E-state index contributed by atoms with van der Waals surface area (Å²) in [5, 5.41) is 16.8. The van der Waals surface area contributed by atoms with E-state index in [-0.39, 0.29) is 26.8 Å². The summed E-state index contributed by atoms with van der Waals surface area (Å²) in [7, 11) is 0. The number of amides is 2. The number of carbonyl (C=O) groups is 3. The molecule has 0 radical (unpaired) electrons. The number of hydrogen-bond acceptors (Lipinski definition) is 6. The fourth-order valence-corrected chi connectivity index (χ4v) is 5.64. The number of aryl methyl sites for hydroxylation is 1. The lowest BCUT2D eigenvalue weighted by atomic mass is 10.1. The summed E-state index contributed by atoms with van der Waals surface area (Å²) in [6, 6.07) is 17.4. The Morgan fingerprint density at radius 2 is 1.54 bits per heavy atom. The first-order valence-electron chi connectivity index (χ1n) is 11.0. The standard InChI is InChI=1S/C26H17Cl4N3O5S/c1-12-10-16(33-38-12)32-25(35)23(13-6-3-2-4-7-13)39-15-9-5-8-14(11-15)31-24(34)17-18(26(36)37)20(28)22(30)21(29)19(17)27/h2-11,23H,1H3,(H,31,34)(H,36,37)(H,32,33,35). The molecule has 0 bridgehead atoms. The van der Waals surface area contributed by atoms with Gasteiger partial charge in [0.25, 0.3) is 5.91 Å². The molecule has 8 nitrogen and oxygen atoms in total. The minimum Gasteiger partial charge on any atom is -0.478 e. The first-order valence-corrected chi connectivity index (χ1v) is 13.4. The first-order chi connectivity index (χ1) is 18.6. The number of hydrogen-bond donors (Lipinski definition) is 3. The molecule has 39 heavy (non-hydrogen) atoms. The van der Waals surface area contributed by atoms with Crippen molar-refractivity contribution >= 4 is 87.5 Å². The summed E-state index contributed by atoms with van der Waals surface area (Å²) in [4.78, 5) is 38.8. The van der Waals surface area contributed by atoms with Gasteiger partial charge < -0.3 is 20.3 Å². The summed E-state index contributed by atoms with van der Waals surface area (Å²) in [5.41, 5.74) is 0.0194. The van der Waals surface area contributed by atoms with Crippen molar-refractivity contribution in [3.8, 4) is 0 Å². The number of halogens is 4. The molecule has 0 spiro atoms. The van der Waals surface area contributed by atoms with Crippen LogP contribution in [0.5, 0.6) is 0 Å². The number of carboxylic acid groups (broad SMARTS) is 1. The predicted molar refractivity (Wildman–Crippen MR) is 153 cm³/mol. The number of aromatic carboxylic acids is 1. The van der Waals surface area contributed by atoms with Gasteiger partial charge in [-0.1, -0.05) is 88.0 Å². The number of anilines is 2. The third-order valence-corrected chi connectivity index (χ3v) is 8.32. The Kier molecular flexibility index (Phi) is 9.09. The number of thioether (sulfide) groups is 1. The van der Waals surface area contributed by atoms with Crippen molar-refractivity contribution in [2.75, 3.05) is 10.6 Å². The summed E-state index contributed by atoms with van der Waals surface area (Å²) in [5.74, 6) is -1.87. The molecule has 4 aromatic rings. The van der Waals surface area contributed by atoms with Crippen LogP contribution in [0, 0.1) is 6.92 Å². The molecule has 3 aromatic carbocycles. The fraction of sp³-hybridized carbons (Fsp3) is 0.0769. The minimum atomic E-state index is -1.51. The van der Waals surface area contributed by atoms with Crippen LogP contribution in [0.25, 0.3) is 0 Å². The van der Waals surface area contributed by atoms with E-state index in [1.807, 2.05) is 30.3 Å². The number of aromatic nitrogens is 1. The van der Waals surface area contributed by atoms with E-state index in [1.54, 1.807) is 37.3 Å². The van der Waals surface area contributed by atoms with Crippen molar-refractivity contribution in [1.29, 1.82) is 0 Å². The molecular weight excluding hydrogens is 608 g/mol.